The molecule has 0 aromatic heterocycles. The normalized spacial score (nSPS) is 12.8. The molecular formula is C19H15Cl2N3O4. The van der Waals surface area contributed by atoms with E-state index in [0.29, 0.717) is 5.69 Å². The van der Waals surface area contributed by atoms with Crippen LogP contribution in [0.1, 0.15) is 31.8 Å². The molecule has 1 heterocycles. The number of benzene rings is 2. The molecular weight excluding hydrogens is 405 g/mol. The number of urea groups is 1. The topological polar surface area (TPSA) is 95.6 Å². The Kier molecular flexibility index (Phi) is 5.40. The second-order valence-corrected chi connectivity index (χ2v) is 7.07. The van der Waals surface area contributed by atoms with E-state index in [4.69, 9.17) is 23.2 Å². The van der Waals surface area contributed by atoms with E-state index in [1.54, 1.807) is 12.1 Å². The molecule has 0 unspecified atom stereocenters. The van der Waals surface area contributed by atoms with Gasteiger partial charge in [-0.05, 0) is 43.2 Å². The summed E-state index contributed by atoms with van der Waals surface area (Å²) in [6.07, 6.45) is 0. The number of carbonyl (C=O) groups excluding carboxylic acids is 4. The zero-order chi connectivity index (χ0) is 20.6. The van der Waals surface area contributed by atoms with Gasteiger partial charge in [-0.25, -0.2) is 4.79 Å². The third-order valence-corrected chi connectivity index (χ3v) is 5.14. The molecule has 3 rings (SSSR count). The van der Waals surface area contributed by atoms with E-state index >= 15 is 0 Å². The Morgan fingerprint density at radius 3 is 2.14 bits per heavy atom. The Morgan fingerprint density at radius 2 is 1.57 bits per heavy atom. The zero-order valence-corrected chi connectivity index (χ0v) is 16.4. The van der Waals surface area contributed by atoms with Gasteiger partial charge in [-0.2, -0.15) is 0 Å². The van der Waals surface area contributed by atoms with Gasteiger partial charge in [0.1, 0.15) is 6.54 Å². The number of hydrogen-bond acceptors (Lipinski definition) is 4. The summed E-state index contributed by atoms with van der Waals surface area (Å²) in [5.74, 6) is -2.16. The fourth-order valence-corrected chi connectivity index (χ4v) is 3.10. The summed E-state index contributed by atoms with van der Waals surface area (Å²) >= 11 is 11.8. The Balaban J connectivity index is 1.67. The van der Waals surface area contributed by atoms with Gasteiger partial charge in [-0.1, -0.05) is 35.3 Å². The van der Waals surface area contributed by atoms with Crippen LogP contribution in [0.2, 0.25) is 10.0 Å². The summed E-state index contributed by atoms with van der Waals surface area (Å²) in [6.45, 7) is 3.12. The van der Waals surface area contributed by atoms with E-state index < -0.39 is 30.3 Å². The lowest BCUT2D eigenvalue weighted by atomic mass is 10.1. The third kappa shape index (κ3) is 3.72. The first kappa shape index (κ1) is 19.9. The van der Waals surface area contributed by atoms with Crippen LogP contribution in [-0.2, 0) is 4.79 Å². The summed E-state index contributed by atoms with van der Waals surface area (Å²) < 4.78 is 0. The smallest absolute Gasteiger partial charge is 0.307 e. The fraction of sp³-hybridized carbons (Fsp3) is 0.158. The number of rotatable bonds is 3. The number of aryl methyl sites for hydroxylation is 1. The van der Waals surface area contributed by atoms with E-state index in [9.17, 15) is 19.2 Å². The van der Waals surface area contributed by atoms with Crippen LogP contribution in [0.15, 0.2) is 30.3 Å². The predicted molar refractivity (Wildman–Crippen MR) is 105 cm³/mol. The average molecular weight is 420 g/mol. The molecule has 7 nitrogen and oxygen atoms in total. The number of halogens is 2. The minimum absolute atomic E-state index is 0.0621. The molecule has 0 spiro atoms. The molecule has 28 heavy (non-hydrogen) atoms. The summed E-state index contributed by atoms with van der Waals surface area (Å²) in [6, 6.07) is 7.17. The number of imide groups is 2. The highest BCUT2D eigenvalue weighted by Crippen LogP contribution is 2.31. The Bertz CT molecular complexity index is 995. The summed E-state index contributed by atoms with van der Waals surface area (Å²) in [5, 5.41) is 4.92. The monoisotopic (exact) mass is 419 g/mol. The first-order valence-corrected chi connectivity index (χ1v) is 8.97. The van der Waals surface area contributed by atoms with Gasteiger partial charge < -0.3 is 5.32 Å². The molecule has 0 atom stereocenters. The quantitative estimate of drug-likeness (QED) is 0.743. The Labute approximate surface area is 170 Å². The van der Waals surface area contributed by atoms with Gasteiger partial charge in [-0.3, -0.25) is 24.6 Å². The number of nitrogens with zero attached hydrogens (tertiary/aromatic N) is 1. The average Bonchev–Trinajstić information content (AvgIpc) is 2.84. The van der Waals surface area contributed by atoms with Crippen LogP contribution in [0.4, 0.5) is 10.5 Å². The van der Waals surface area contributed by atoms with Gasteiger partial charge in [0, 0.05) is 5.69 Å². The lowest BCUT2D eigenvalue weighted by molar-refractivity contribution is -0.120. The second-order valence-electron chi connectivity index (χ2n) is 6.26. The standard InChI is InChI=1S/C19H15Cl2N3O4/c1-9-4-3-5-15(10(9)2)22-19(28)23-16(25)8-24-17(26)11-6-13(20)14(21)7-12(11)18(24)27/h3-7H,8H2,1-2H3,(H2,22,23,25,28). The molecule has 0 radical (unpaired) electrons. The molecule has 0 aliphatic carbocycles. The van der Waals surface area contributed by atoms with E-state index in [1.807, 2.05) is 19.9 Å². The van der Waals surface area contributed by atoms with Crippen molar-refractivity contribution < 1.29 is 19.2 Å². The highest BCUT2D eigenvalue weighted by Gasteiger charge is 2.37. The summed E-state index contributed by atoms with van der Waals surface area (Å²) in [7, 11) is 0. The molecule has 2 aromatic carbocycles. The third-order valence-electron chi connectivity index (χ3n) is 4.42. The van der Waals surface area contributed by atoms with Crippen LogP contribution in [0.25, 0.3) is 0 Å². The van der Waals surface area contributed by atoms with Gasteiger partial charge in [0.05, 0.1) is 21.2 Å². The maximum Gasteiger partial charge on any atom is 0.325 e. The van der Waals surface area contributed by atoms with E-state index in [1.165, 1.54) is 12.1 Å². The molecule has 0 bridgehead atoms. The lowest BCUT2D eigenvalue weighted by Gasteiger charge is -2.14. The minimum atomic E-state index is -0.811. The number of carbonyl (C=O) groups is 4. The number of amides is 5. The first-order valence-electron chi connectivity index (χ1n) is 8.21. The number of anilines is 1. The molecule has 1 aliphatic rings. The summed E-state index contributed by atoms with van der Waals surface area (Å²) in [5.41, 5.74) is 2.51. The van der Waals surface area contributed by atoms with Crippen LogP contribution < -0.4 is 10.6 Å². The molecule has 2 N–H and O–H groups in total. The lowest BCUT2D eigenvalue weighted by Crippen LogP contribution is -2.43. The van der Waals surface area contributed by atoms with Crippen molar-refractivity contribution in [2.45, 2.75) is 13.8 Å². The van der Waals surface area contributed by atoms with Gasteiger partial charge in [0.2, 0.25) is 5.91 Å². The molecule has 9 heteroatoms. The van der Waals surface area contributed by atoms with Crippen LogP contribution in [-0.4, -0.2) is 35.2 Å². The maximum absolute atomic E-state index is 12.4. The highest BCUT2D eigenvalue weighted by atomic mass is 35.5. The maximum atomic E-state index is 12.4. The van der Waals surface area contributed by atoms with E-state index in [-0.39, 0.29) is 21.2 Å². The van der Waals surface area contributed by atoms with Gasteiger partial charge >= 0.3 is 6.03 Å². The van der Waals surface area contributed by atoms with Crippen LogP contribution >= 0.6 is 23.2 Å². The van der Waals surface area contributed by atoms with Gasteiger partial charge in [0.15, 0.2) is 0 Å². The minimum Gasteiger partial charge on any atom is -0.307 e. The molecule has 0 saturated heterocycles. The number of fused-ring (bicyclic) bond motifs is 1. The number of nitrogens with one attached hydrogen (secondary N) is 2. The fourth-order valence-electron chi connectivity index (χ4n) is 2.78. The van der Waals surface area contributed by atoms with Crippen molar-refractivity contribution in [3.63, 3.8) is 0 Å². The highest BCUT2D eigenvalue weighted by molar-refractivity contribution is 6.43. The molecule has 2 aromatic rings. The summed E-state index contributed by atoms with van der Waals surface area (Å²) in [4.78, 5) is 49.7. The van der Waals surface area contributed by atoms with Crippen molar-refractivity contribution in [2.24, 2.45) is 0 Å². The van der Waals surface area contributed by atoms with E-state index in [2.05, 4.69) is 10.6 Å². The van der Waals surface area contributed by atoms with Gasteiger partial charge in [0.25, 0.3) is 11.8 Å². The van der Waals surface area contributed by atoms with Crippen molar-refractivity contribution in [2.75, 3.05) is 11.9 Å². The van der Waals surface area contributed by atoms with Crippen molar-refractivity contribution in [3.05, 3.63) is 62.6 Å². The van der Waals surface area contributed by atoms with Crippen LogP contribution in [0, 0.1) is 13.8 Å². The molecule has 0 fully saturated rings. The van der Waals surface area contributed by atoms with Crippen molar-refractivity contribution in [1.82, 2.24) is 10.2 Å². The molecule has 0 saturated carbocycles. The van der Waals surface area contributed by atoms with Crippen molar-refractivity contribution in [1.29, 1.82) is 0 Å². The molecule has 5 amide bonds. The molecule has 1 aliphatic heterocycles. The van der Waals surface area contributed by atoms with Crippen molar-refractivity contribution in [3.8, 4) is 0 Å². The Hall–Kier alpha value is -2.90. The predicted octanol–water partition coefficient (Wildman–Crippen LogP) is 3.55. The number of hydrogen-bond donors (Lipinski definition) is 2. The largest absolute Gasteiger partial charge is 0.325 e. The second kappa shape index (κ2) is 7.61. The SMILES string of the molecule is Cc1cccc(NC(=O)NC(=O)CN2C(=O)c3cc(Cl)c(Cl)cc3C2=O)c1C. The Morgan fingerprint density at radius 1 is 1.00 bits per heavy atom. The van der Waals surface area contributed by atoms with Crippen LogP contribution in [0.3, 0.4) is 0 Å². The van der Waals surface area contributed by atoms with Crippen molar-refractivity contribution >= 4 is 52.6 Å². The molecule has 144 valence electrons. The zero-order valence-electron chi connectivity index (χ0n) is 14.9. The van der Waals surface area contributed by atoms with E-state index in [0.717, 1.165) is 16.0 Å². The van der Waals surface area contributed by atoms with Gasteiger partial charge in [-0.15, -0.1) is 0 Å². The first-order chi connectivity index (χ1) is 13.2. The van der Waals surface area contributed by atoms with Crippen LogP contribution in [0.5, 0.6) is 0 Å².